The molecule has 0 aliphatic rings. The molecule has 3 aromatic carbocycles. The summed E-state index contributed by atoms with van der Waals surface area (Å²) >= 11 is 13.1. The van der Waals surface area contributed by atoms with Gasteiger partial charge in [-0.1, -0.05) is 95.6 Å². The van der Waals surface area contributed by atoms with Gasteiger partial charge < -0.3 is 0 Å². The summed E-state index contributed by atoms with van der Waals surface area (Å²) in [6.07, 6.45) is 5.42. The standard InChI is InChI=1S/C16H18N2S5.C10H14.C2H6/c1-21-16(18-23(19,20)12-7-3-2-4-8-12)11-15-17-13-9-5-6-10-14(13)22-15;1-3-5-10-7-4-6-9(2)8-10;1-2/h2-10,16,18-20H,11H2,1H3;4,6-8H,3,5H2,1-2H3;1-2H3. The Morgan fingerprint density at radius 2 is 1.66 bits per heavy atom. The van der Waals surface area contributed by atoms with Gasteiger partial charge in [0.15, 0.2) is 0 Å². The number of hydrogen-bond donors (Lipinski definition) is 3. The van der Waals surface area contributed by atoms with Crippen LogP contribution in [0.1, 0.15) is 43.3 Å². The smallest absolute Gasteiger partial charge is 0.0963 e. The van der Waals surface area contributed by atoms with Crippen molar-refractivity contribution >= 4 is 64.9 Å². The highest BCUT2D eigenvalue weighted by Gasteiger charge is 2.22. The van der Waals surface area contributed by atoms with Gasteiger partial charge in [-0.3, -0.25) is 0 Å². The van der Waals surface area contributed by atoms with E-state index in [0.29, 0.717) is 0 Å². The summed E-state index contributed by atoms with van der Waals surface area (Å²) in [5.41, 5.74) is 3.90. The fourth-order valence-corrected chi connectivity index (χ4v) is 8.66. The van der Waals surface area contributed by atoms with Crippen LogP contribution in [0, 0.1) is 6.92 Å². The van der Waals surface area contributed by atoms with Gasteiger partial charge >= 0.3 is 0 Å². The molecule has 0 spiro atoms. The molecular formula is C28H38N2S5. The van der Waals surface area contributed by atoms with Gasteiger partial charge in [0.05, 0.1) is 20.6 Å². The minimum atomic E-state index is -1.63. The fraction of sp³-hybridized carbons (Fsp3) is 0.321. The molecule has 0 aliphatic carbocycles. The zero-order chi connectivity index (χ0) is 25.7. The van der Waals surface area contributed by atoms with Crippen LogP contribution in [0.4, 0.5) is 0 Å². The van der Waals surface area contributed by atoms with Crippen molar-refractivity contribution in [1.82, 2.24) is 9.71 Å². The van der Waals surface area contributed by atoms with Crippen LogP contribution >= 0.6 is 54.7 Å². The third-order valence-corrected chi connectivity index (χ3v) is 10.5. The maximum absolute atomic E-state index is 4.79. The third-order valence-electron chi connectivity index (χ3n) is 4.97. The normalized spacial score (nSPS) is 12.2. The molecule has 1 N–H and O–H groups in total. The van der Waals surface area contributed by atoms with E-state index < -0.39 is 8.28 Å². The SMILES string of the molecule is CC.CCCc1cccc(C)c1.CSC(Cc1nc2ccccc2s1)NS(S)(S)c1ccccc1. The average Bonchev–Trinajstić information content (AvgIpc) is 3.28. The molecule has 0 radical (unpaired) electrons. The number of thiol groups is 2. The van der Waals surface area contributed by atoms with Crippen LogP contribution in [0.2, 0.25) is 0 Å². The Kier molecular flexibility index (Phi) is 13.7. The summed E-state index contributed by atoms with van der Waals surface area (Å²) < 4.78 is 4.83. The van der Waals surface area contributed by atoms with Crippen LogP contribution in [0.3, 0.4) is 0 Å². The average molecular weight is 563 g/mol. The van der Waals surface area contributed by atoms with Gasteiger partial charge in [-0.2, -0.15) is 0 Å². The summed E-state index contributed by atoms with van der Waals surface area (Å²) in [4.78, 5) is 5.85. The Labute approximate surface area is 231 Å². The predicted molar refractivity (Wildman–Crippen MR) is 171 cm³/mol. The van der Waals surface area contributed by atoms with Crippen molar-refractivity contribution in [3.05, 3.63) is 95.0 Å². The number of benzene rings is 3. The number of para-hydroxylation sites is 1. The van der Waals surface area contributed by atoms with E-state index in [2.05, 4.69) is 79.4 Å². The van der Waals surface area contributed by atoms with Crippen molar-refractivity contribution in [3.63, 3.8) is 0 Å². The van der Waals surface area contributed by atoms with Crippen LogP contribution in [-0.2, 0) is 12.8 Å². The second-order valence-corrected chi connectivity index (χ2v) is 15.8. The number of hydrogen-bond acceptors (Lipinski definition) is 6. The van der Waals surface area contributed by atoms with E-state index in [1.165, 1.54) is 28.7 Å². The van der Waals surface area contributed by atoms with Gasteiger partial charge in [-0.05, 0) is 49.4 Å². The van der Waals surface area contributed by atoms with Crippen molar-refractivity contribution in [3.8, 4) is 0 Å². The molecular weight excluding hydrogens is 525 g/mol. The van der Waals surface area contributed by atoms with E-state index >= 15 is 0 Å². The molecule has 35 heavy (non-hydrogen) atoms. The lowest BCUT2D eigenvalue weighted by Crippen LogP contribution is -2.26. The summed E-state index contributed by atoms with van der Waals surface area (Å²) in [7, 11) is -1.63. The van der Waals surface area contributed by atoms with Gasteiger partial charge in [0.1, 0.15) is 0 Å². The van der Waals surface area contributed by atoms with Gasteiger partial charge in [0, 0.05) is 11.3 Å². The third kappa shape index (κ3) is 10.1. The Morgan fingerprint density at radius 3 is 2.29 bits per heavy atom. The Bertz CT molecular complexity index is 1100. The van der Waals surface area contributed by atoms with Crippen molar-refractivity contribution in [2.24, 2.45) is 0 Å². The molecule has 0 saturated carbocycles. The molecule has 0 saturated heterocycles. The van der Waals surface area contributed by atoms with E-state index in [1.54, 1.807) is 23.1 Å². The first kappa shape index (κ1) is 30.1. The van der Waals surface area contributed by atoms with Crippen LogP contribution in [0.5, 0.6) is 0 Å². The predicted octanol–water partition coefficient (Wildman–Crippen LogP) is 9.56. The first-order chi connectivity index (χ1) is 16.9. The molecule has 1 heterocycles. The number of nitrogens with zero attached hydrogens (tertiary/aromatic N) is 1. The lowest BCUT2D eigenvalue weighted by Gasteiger charge is -2.33. The number of nitrogens with one attached hydrogen (secondary N) is 1. The monoisotopic (exact) mass is 562 g/mol. The van der Waals surface area contributed by atoms with Gasteiger partial charge in [-0.15, -0.1) is 46.4 Å². The number of rotatable bonds is 8. The maximum Gasteiger partial charge on any atom is 0.0963 e. The highest BCUT2D eigenvalue weighted by atomic mass is 33.5. The molecule has 1 atom stereocenters. The molecule has 7 heteroatoms. The molecule has 0 fully saturated rings. The van der Waals surface area contributed by atoms with Crippen molar-refractivity contribution in [2.75, 3.05) is 6.26 Å². The number of aromatic nitrogens is 1. The van der Waals surface area contributed by atoms with Gasteiger partial charge in [0.2, 0.25) is 0 Å². The highest BCUT2D eigenvalue weighted by Crippen LogP contribution is 2.61. The van der Waals surface area contributed by atoms with E-state index in [9.17, 15) is 0 Å². The molecule has 2 nitrogen and oxygen atoms in total. The van der Waals surface area contributed by atoms with Crippen LogP contribution < -0.4 is 4.72 Å². The largest absolute Gasteiger partial charge is 0.248 e. The van der Waals surface area contributed by atoms with E-state index in [1.807, 2.05) is 38.1 Å². The molecule has 190 valence electrons. The second kappa shape index (κ2) is 15.9. The van der Waals surface area contributed by atoms with Crippen molar-refractivity contribution < 1.29 is 0 Å². The van der Waals surface area contributed by atoms with Gasteiger partial charge in [0.25, 0.3) is 0 Å². The van der Waals surface area contributed by atoms with E-state index in [-0.39, 0.29) is 5.37 Å². The first-order valence-electron chi connectivity index (χ1n) is 11.9. The highest BCUT2D eigenvalue weighted by molar-refractivity contribution is 9.17. The summed E-state index contributed by atoms with van der Waals surface area (Å²) in [5, 5.41) is 1.36. The molecule has 0 amide bonds. The topological polar surface area (TPSA) is 24.9 Å². The first-order valence-corrected chi connectivity index (χ1v) is 17.8. The van der Waals surface area contributed by atoms with Crippen molar-refractivity contribution in [2.45, 2.75) is 57.2 Å². The number of thiazole rings is 1. The maximum atomic E-state index is 4.79. The minimum absolute atomic E-state index is 0.223. The molecule has 4 aromatic rings. The number of aryl methyl sites for hydroxylation is 2. The zero-order valence-corrected chi connectivity index (χ0v) is 25.5. The summed E-state index contributed by atoms with van der Waals surface area (Å²) in [6, 6.07) is 27.2. The lowest BCUT2D eigenvalue weighted by atomic mass is 10.1. The van der Waals surface area contributed by atoms with Crippen LogP contribution in [0.25, 0.3) is 10.2 Å². The second-order valence-electron chi connectivity index (χ2n) is 7.72. The number of fused-ring (bicyclic) bond motifs is 1. The Balaban J connectivity index is 0.000000302. The zero-order valence-electron chi connectivity index (χ0n) is 21.3. The number of thioether (sulfide) groups is 1. The molecule has 1 aromatic heterocycles. The molecule has 1 unspecified atom stereocenters. The van der Waals surface area contributed by atoms with Gasteiger partial charge in [-0.25, -0.2) is 9.71 Å². The summed E-state index contributed by atoms with van der Waals surface area (Å²) in [5.74, 6) is 0. The summed E-state index contributed by atoms with van der Waals surface area (Å²) in [6.45, 7) is 8.35. The quantitative estimate of drug-likeness (QED) is 0.113. The van der Waals surface area contributed by atoms with Crippen LogP contribution in [0.15, 0.2) is 83.8 Å². The van der Waals surface area contributed by atoms with E-state index in [4.69, 9.17) is 28.3 Å². The van der Waals surface area contributed by atoms with E-state index in [0.717, 1.165) is 21.8 Å². The Hall–Kier alpha value is -1.09. The Morgan fingerprint density at radius 1 is 0.971 bits per heavy atom. The lowest BCUT2D eigenvalue weighted by molar-refractivity contribution is 0.837. The molecule has 0 bridgehead atoms. The van der Waals surface area contributed by atoms with Crippen molar-refractivity contribution in [1.29, 1.82) is 0 Å². The fourth-order valence-electron chi connectivity index (χ4n) is 3.36. The molecule has 0 aliphatic heterocycles. The minimum Gasteiger partial charge on any atom is -0.248 e. The van der Waals surface area contributed by atoms with Crippen LogP contribution in [-0.4, -0.2) is 16.6 Å². The molecule has 4 rings (SSSR count).